The normalized spacial score (nSPS) is 20.1. The first kappa shape index (κ1) is 24.0. The Morgan fingerprint density at radius 3 is 1.88 bits per heavy atom. The van der Waals surface area contributed by atoms with Crippen molar-refractivity contribution in [2.24, 2.45) is 5.92 Å². The molecule has 1 amide bonds. The van der Waals surface area contributed by atoms with E-state index in [2.05, 4.69) is 0 Å². The number of benzene rings is 3. The van der Waals surface area contributed by atoms with Crippen LogP contribution >= 0.6 is 0 Å². The lowest BCUT2D eigenvalue weighted by atomic mass is 9.93. The zero-order valence-electron chi connectivity index (χ0n) is 19.2. The molecule has 0 spiro atoms. The van der Waals surface area contributed by atoms with Gasteiger partial charge in [0.25, 0.3) is 0 Å². The molecule has 34 heavy (non-hydrogen) atoms. The number of carbonyl (C=O) groups excluding carboxylic acids is 1. The van der Waals surface area contributed by atoms with Crippen LogP contribution in [0, 0.1) is 5.92 Å². The highest BCUT2D eigenvalue weighted by Crippen LogP contribution is 2.23. The Balaban J connectivity index is 1.38. The Morgan fingerprint density at radius 2 is 1.29 bits per heavy atom. The number of carbonyl (C=O) groups is 1. The lowest BCUT2D eigenvalue weighted by Crippen LogP contribution is -2.56. The third kappa shape index (κ3) is 6.90. The van der Waals surface area contributed by atoms with Gasteiger partial charge in [-0.1, -0.05) is 91.0 Å². The van der Waals surface area contributed by atoms with Gasteiger partial charge in [-0.05, 0) is 16.7 Å². The van der Waals surface area contributed by atoms with E-state index in [0.29, 0.717) is 26.4 Å². The van der Waals surface area contributed by atoms with E-state index in [1.165, 1.54) is 0 Å². The summed E-state index contributed by atoms with van der Waals surface area (Å²) in [6, 6.07) is 29.2. The van der Waals surface area contributed by atoms with Crippen LogP contribution in [0.15, 0.2) is 91.0 Å². The van der Waals surface area contributed by atoms with Gasteiger partial charge in [-0.3, -0.25) is 0 Å². The monoisotopic (exact) mass is 461 g/mol. The number of rotatable bonds is 9. The maximum absolute atomic E-state index is 12.9. The number of likely N-dealkylation sites (tertiary alicyclic amines) is 1. The van der Waals surface area contributed by atoms with Crippen molar-refractivity contribution in [3.8, 4) is 0 Å². The zero-order chi connectivity index (χ0) is 23.6. The van der Waals surface area contributed by atoms with Crippen molar-refractivity contribution >= 4 is 6.09 Å². The molecular weight excluding hydrogens is 430 g/mol. The van der Waals surface area contributed by atoms with Crippen LogP contribution in [0.1, 0.15) is 16.7 Å². The van der Waals surface area contributed by atoms with E-state index in [1.54, 1.807) is 4.90 Å². The van der Waals surface area contributed by atoms with Gasteiger partial charge in [0.1, 0.15) is 12.7 Å². The highest BCUT2D eigenvalue weighted by molar-refractivity contribution is 5.68. The third-order valence-electron chi connectivity index (χ3n) is 5.93. The van der Waals surface area contributed by atoms with Gasteiger partial charge in [0.2, 0.25) is 0 Å². The maximum atomic E-state index is 12.9. The molecule has 0 bridgehead atoms. The van der Waals surface area contributed by atoms with E-state index in [0.717, 1.165) is 16.7 Å². The molecule has 1 heterocycles. The van der Waals surface area contributed by atoms with E-state index < -0.39 is 18.3 Å². The molecule has 6 heteroatoms. The third-order valence-corrected chi connectivity index (χ3v) is 5.93. The number of ether oxygens (including phenoxy) is 3. The van der Waals surface area contributed by atoms with Crippen molar-refractivity contribution in [2.75, 3.05) is 19.7 Å². The number of hydrogen-bond acceptors (Lipinski definition) is 5. The number of nitrogens with zero attached hydrogens (tertiary/aromatic N) is 1. The number of piperidine rings is 1. The SMILES string of the molecule is O=C(OCc1ccccc1)N1C[C@H](COCc2ccccc2)[C@@H](O)[C@H](OCc2ccccc2)C1. The molecule has 6 nitrogen and oxygen atoms in total. The maximum Gasteiger partial charge on any atom is 0.410 e. The van der Waals surface area contributed by atoms with Crippen molar-refractivity contribution in [3.05, 3.63) is 108 Å². The largest absolute Gasteiger partial charge is 0.445 e. The minimum absolute atomic E-state index is 0.198. The highest BCUT2D eigenvalue weighted by atomic mass is 16.6. The van der Waals surface area contributed by atoms with Crippen LogP contribution in [0.3, 0.4) is 0 Å². The summed E-state index contributed by atoms with van der Waals surface area (Å²) in [7, 11) is 0. The molecular formula is C28H31NO5. The minimum atomic E-state index is -0.752. The number of hydrogen-bond donors (Lipinski definition) is 1. The van der Waals surface area contributed by atoms with Crippen LogP contribution in [0.2, 0.25) is 0 Å². The first-order chi connectivity index (χ1) is 16.7. The molecule has 178 valence electrons. The molecule has 3 aromatic rings. The summed E-state index contributed by atoms with van der Waals surface area (Å²) < 4.78 is 17.5. The molecule has 4 rings (SSSR count). The Kier molecular flexibility index (Phi) is 8.68. The van der Waals surface area contributed by atoms with E-state index in [9.17, 15) is 9.90 Å². The van der Waals surface area contributed by atoms with Gasteiger partial charge < -0.3 is 24.2 Å². The lowest BCUT2D eigenvalue weighted by Gasteiger charge is -2.40. The molecule has 1 aliphatic heterocycles. The Bertz CT molecular complexity index is 999. The summed E-state index contributed by atoms with van der Waals surface area (Å²) in [4.78, 5) is 14.5. The van der Waals surface area contributed by atoms with Crippen LogP contribution < -0.4 is 0 Å². The summed E-state index contributed by atoms with van der Waals surface area (Å²) >= 11 is 0. The van der Waals surface area contributed by atoms with Crippen LogP contribution in [0.4, 0.5) is 4.79 Å². The average molecular weight is 462 g/mol. The average Bonchev–Trinajstić information content (AvgIpc) is 2.89. The standard InChI is InChI=1S/C28H31NO5/c30-27-25(21-32-18-22-10-4-1-5-11-22)16-29(28(31)34-20-24-14-8-3-9-15-24)17-26(27)33-19-23-12-6-2-7-13-23/h1-15,25-27,30H,16-21H2/t25-,26-,27-/m1/s1. The molecule has 0 radical (unpaired) electrons. The van der Waals surface area contributed by atoms with E-state index >= 15 is 0 Å². The van der Waals surface area contributed by atoms with Crippen molar-refractivity contribution in [2.45, 2.75) is 32.0 Å². The summed E-state index contributed by atoms with van der Waals surface area (Å²) in [5.74, 6) is -0.289. The molecule has 0 aliphatic carbocycles. The topological polar surface area (TPSA) is 68.2 Å². The lowest BCUT2D eigenvalue weighted by molar-refractivity contribution is -0.123. The van der Waals surface area contributed by atoms with Gasteiger partial charge in [0, 0.05) is 12.5 Å². The van der Waals surface area contributed by atoms with Gasteiger partial charge in [-0.15, -0.1) is 0 Å². The quantitative estimate of drug-likeness (QED) is 0.511. The van der Waals surface area contributed by atoms with E-state index in [1.807, 2.05) is 91.0 Å². The smallest absolute Gasteiger partial charge is 0.410 e. The van der Waals surface area contributed by atoms with Crippen molar-refractivity contribution in [1.82, 2.24) is 4.90 Å². The minimum Gasteiger partial charge on any atom is -0.445 e. The van der Waals surface area contributed by atoms with E-state index in [-0.39, 0.29) is 19.1 Å². The fourth-order valence-corrected chi connectivity index (χ4v) is 4.04. The molecule has 3 atom stereocenters. The van der Waals surface area contributed by atoms with Crippen molar-refractivity contribution in [1.29, 1.82) is 0 Å². The summed E-state index contributed by atoms with van der Waals surface area (Å²) in [5, 5.41) is 11.0. The van der Waals surface area contributed by atoms with Crippen LogP contribution in [0.5, 0.6) is 0 Å². The predicted octanol–water partition coefficient (Wildman–Crippen LogP) is 4.42. The number of amides is 1. The van der Waals surface area contributed by atoms with E-state index in [4.69, 9.17) is 14.2 Å². The molecule has 0 unspecified atom stereocenters. The number of aliphatic hydroxyl groups is 1. The van der Waals surface area contributed by atoms with Gasteiger partial charge in [-0.2, -0.15) is 0 Å². The molecule has 0 saturated carbocycles. The Morgan fingerprint density at radius 1 is 0.765 bits per heavy atom. The van der Waals surface area contributed by atoms with Crippen LogP contribution in [-0.2, 0) is 34.0 Å². The Labute approximate surface area is 200 Å². The summed E-state index contributed by atoms with van der Waals surface area (Å²) in [6.07, 6.45) is -1.71. The van der Waals surface area contributed by atoms with Crippen molar-refractivity contribution < 1.29 is 24.1 Å². The second-order valence-corrected chi connectivity index (χ2v) is 8.53. The van der Waals surface area contributed by atoms with Gasteiger partial charge >= 0.3 is 6.09 Å². The second-order valence-electron chi connectivity index (χ2n) is 8.53. The fraction of sp³-hybridized carbons (Fsp3) is 0.321. The first-order valence-corrected chi connectivity index (χ1v) is 11.6. The van der Waals surface area contributed by atoms with Crippen LogP contribution in [-0.4, -0.2) is 48.0 Å². The van der Waals surface area contributed by atoms with Crippen LogP contribution in [0.25, 0.3) is 0 Å². The fourth-order valence-electron chi connectivity index (χ4n) is 4.04. The molecule has 0 aromatic heterocycles. The van der Waals surface area contributed by atoms with Gasteiger partial charge in [0.05, 0.1) is 32.5 Å². The second kappa shape index (κ2) is 12.3. The molecule has 3 aromatic carbocycles. The predicted molar refractivity (Wildman–Crippen MR) is 129 cm³/mol. The van der Waals surface area contributed by atoms with Gasteiger partial charge in [0.15, 0.2) is 0 Å². The molecule has 1 saturated heterocycles. The van der Waals surface area contributed by atoms with Gasteiger partial charge in [-0.25, -0.2) is 4.79 Å². The summed E-state index contributed by atoms with van der Waals surface area (Å²) in [6.45, 7) is 1.91. The highest BCUT2D eigenvalue weighted by Gasteiger charge is 2.39. The first-order valence-electron chi connectivity index (χ1n) is 11.6. The van der Waals surface area contributed by atoms with Crippen molar-refractivity contribution in [3.63, 3.8) is 0 Å². The molecule has 1 fully saturated rings. The summed E-state index contributed by atoms with van der Waals surface area (Å²) in [5.41, 5.74) is 2.99. The Hall–Kier alpha value is -3.19. The molecule has 1 N–H and O–H groups in total. The number of aliphatic hydroxyl groups excluding tert-OH is 1. The zero-order valence-corrected chi connectivity index (χ0v) is 19.2. The molecule has 1 aliphatic rings.